The first-order valence-electron chi connectivity index (χ1n) is 8.76. The number of hydrogen-bond acceptors (Lipinski definition) is 2. The molecule has 3 nitrogen and oxygen atoms in total. The Morgan fingerprint density at radius 3 is 2.54 bits per heavy atom. The van der Waals surface area contributed by atoms with E-state index in [9.17, 15) is 4.79 Å². The van der Waals surface area contributed by atoms with Crippen LogP contribution >= 0.6 is 11.6 Å². The van der Waals surface area contributed by atoms with Gasteiger partial charge in [0.1, 0.15) is 0 Å². The number of benzene rings is 2. The number of nitrogens with zero attached hydrogens (tertiary/aromatic N) is 2. The summed E-state index contributed by atoms with van der Waals surface area (Å²) in [6, 6.07) is 20.0. The van der Waals surface area contributed by atoms with Gasteiger partial charge in [0.15, 0.2) is 0 Å². The van der Waals surface area contributed by atoms with Crippen molar-refractivity contribution in [3.63, 3.8) is 0 Å². The molecule has 2 aromatic carbocycles. The van der Waals surface area contributed by atoms with Crippen LogP contribution in [0, 0.1) is 0 Å². The molecule has 4 heteroatoms. The van der Waals surface area contributed by atoms with Crippen LogP contribution < -0.4 is 4.90 Å². The highest BCUT2D eigenvalue weighted by atomic mass is 35.5. The molecule has 1 aromatic heterocycles. The molecule has 2 heterocycles. The van der Waals surface area contributed by atoms with Gasteiger partial charge < -0.3 is 4.90 Å². The van der Waals surface area contributed by atoms with Gasteiger partial charge in [-0.2, -0.15) is 0 Å². The number of fused-ring (bicyclic) bond motifs is 2. The number of para-hydroxylation sites is 1. The van der Waals surface area contributed by atoms with E-state index in [4.69, 9.17) is 11.6 Å². The second-order valence-electron chi connectivity index (χ2n) is 7.04. The zero-order valence-corrected chi connectivity index (χ0v) is 14.9. The van der Waals surface area contributed by atoms with E-state index in [0.717, 1.165) is 28.3 Å². The lowest BCUT2D eigenvalue weighted by Gasteiger charge is -2.18. The maximum Gasteiger partial charge on any atom is 0.238 e. The maximum absolute atomic E-state index is 13.5. The van der Waals surface area contributed by atoms with E-state index in [-0.39, 0.29) is 11.8 Å². The Hall–Kier alpha value is -2.65. The standard InChI is InChI=1S/C22H17ClN2O/c23-17-7-5-16(6-8-17)19-13-22(19)18-3-1-2-4-20(18)25(21(22)26)14-15-9-11-24-12-10-15/h1-12,19H,13-14H2. The number of carbonyl (C=O) groups is 1. The Kier molecular flexibility index (Phi) is 3.41. The lowest BCUT2D eigenvalue weighted by Crippen LogP contribution is -2.32. The van der Waals surface area contributed by atoms with Gasteiger partial charge in [0.25, 0.3) is 0 Å². The summed E-state index contributed by atoms with van der Waals surface area (Å²) < 4.78 is 0. The van der Waals surface area contributed by atoms with E-state index in [1.165, 1.54) is 5.56 Å². The first-order valence-corrected chi connectivity index (χ1v) is 9.14. The van der Waals surface area contributed by atoms with Crippen LogP contribution in [0.15, 0.2) is 73.1 Å². The van der Waals surface area contributed by atoms with Crippen molar-refractivity contribution >= 4 is 23.2 Å². The minimum atomic E-state index is -0.419. The van der Waals surface area contributed by atoms with E-state index < -0.39 is 5.41 Å². The zero-order chi connectivity index (χ0) is 17.7. The Balaban J connectivity index is 1.54. The smallest absolute Gasteiger partial charge is 0.238 e. The molecular formula is C22H17ClN2O. The summed E-state index contributed by atoms with van der Waals surface area (Å²) in [5, 5.41) is 0.723. The molecule has 2 atom stereocenters. The van der Waals surface area contributed by atoms with Crippen molar-refractivity contribution < 1.29 is 4.79 Å². The summed E-state index contributed by atoms with van der Waals surface area (Å²) in [7, 11) is 0. The van der Waals surface area contributed by atoms with E-state index in [2.05, 4.69) is 17.1 Å². The highest BCUT2D eigenvalue weighted by molar-refractivity contribution is 6.30. The molecule has 1 aliphatic carbocycles. The van der Waals surface area contributed by atoms with Gasteiger partial charge in [0.05, 0.1) is 12.0 Å². The number of aromatic nitrogens is 1. The van der Waals surface area contributed by atoms with Gasteiger partial charge in [0, 0.05) is 29.0 Å². The van der Waals surface area contributed by atoms with Crippen molar-refractivity contribution in [1.82, 2.24) is 4.98 Å². The summed E-state index contributed by atoms with van der Waals surface area (Å²) in [5.74, 6) is 0.423. The summed E-state index contributed by atoms with van der Waals surface area (Å²) in [6.45, 7) is 0.577. The van der Waals surface area contributed by atoms with Crippen LogP contribution in [0.5, 0.6) is 0 Å². The minimum Gasteiger partial charge on any atom is -0.307 e. The fourth-order valence-corrected chi connectivity index (χ4v) is 4.40. The topological polar surface area (TPSA) is 33.2 Å². The van der Waals surface area contributed by atoms with Crippen molar-refractivity contribution in [3.05, 3.63) is 94.8 Å². The number of hydrogen-bond donors (Lipinski definition) is 0. The van der Waals surface area contributed by atoms with E-state index in [1.807, 2.05) is 53.4 Å². The third-order valence-electron chi connectivity index (χ3n) is 5.63. The lowest BCUT2D eigenvalue weighted by molar-refractivity contribution is -0.120. The van der Waals surface area contributed by atoms with Gasteiger partial charge >= 0.3 is 0 Å². The van der Waals surface area contributed by atoms with Crippen LogP contribution in [0.2, 0.25) is 5.02 Å². The molecule has 5 rings (SSSR count). The van der Waals surface area contributed by atoms with Crippen molar-refractivity contribution in [2.24, 2.45) is 0 Å². The van der Waals surface area contributed by atoms with Crippen LogP contribution in [0.4, 0.5) is 5.69 Å². The largest absolute Gasteiger partial charge is 0.307 e. The van der Waals surface area contributed by atoms with Gasteiger partial charge in [-0.05, 0) is 53.4 Å². The van der Waals surface area contributed by atoms with Crippen molar-refractivity contribution in [3.8, 4) is 0 Å². The first kappa shape index (κ1) is 15.6. The molecule has 1 spiro atoms. The number of carbonyl (C=O) groups excluding carboxylic acids is 1. The molecule has 1 saturated carbocycles. The van der Waals surface area contributed by atoms with Crippen LogP contribution in [0.25, 0.3) is 0 Å². The predicted molar refractivity (Wildman–Crippen MR) is 102 cm³/mol. The normalized spacial score (nSPS) is 23.3. The second kappa shape index (κ2) is 5.68. The molecule has 1 aliphatic heterocycles. The summed E-state index contributed by atoms with van der Waals surface area (Å²) in [6.07, 6.45) is 4.40. The summed E-state index contributed by atoms with van der Waals surface area (Å²) in [4.78, 5) is 19.5. The number of pyridine rings is 1. The highest BCUT2D eigenvalue weighted by Gasteiger charge is 2.66. The second-order valence-corrected chi connectivity index (χ2v) is 7.48. The van der Waals surface area contributed by atoms with Crippen LogP contribution in [0.3, 0.4) is 0 Å². The number of halogens is 1. The van der Waals surface area contributed by atoms with Gasteiger partial charge in [0.2, 0.25) is 5.91 Å². The molecule has 2 aliphatic rings. The number of rotatable bonds is 3. The SMILES string of the molecule is O=C1N(Cc2ccncc2)c2ccccc2C12CC2c1ccc(Cl)cc1. The minimum absolute atomic E-state index is 0.204. The summed E-state index contributed by atoms with van der Waals surface area (Å²) in [5.41, 5.74) is 4.04. The monoisotopic (exact) mass is 360 g/mol. The van der Waals surface area contributed by atoms with E-state index >= 15 is 0 Å². The molecule has 3 aromatic rings. The molecular weight excluding hydrogens is 344 g/mol. The fourth-order valence-electron chi connectivity index (χ4n) is 4.27. The van der Waals surface area contributed by atoms with Crippen LogP contribution in [-0.2, 0) is 16.8 Å². The summed E-state index contributed by atoms with van der Waals surface area (Å²) >= 11 is 6.03. The number of anilines is 1. The molecule has 1 amide bonds. The molecule has 26 heavy (non-hydrogen) atoms. The van der Waals surface area contributed by atoms with Gasteiger partial charge in [-0.3, -0.25) is 9.78 Å². The molecule has 128 valence electrons. The van der Waals surface area contributed by atoms with Crippen LogP contribution in [-0.4, -0.2) is 10.9 Å². The maximum atomic E-state index is 13.5. The van der Waals surface area contributed by atoms with Gasteiger partial charge in [-0.25, -0.2) is 0 Å². The Morgan fingerprint density at radius 1 is 1.04 bits per heavy atom. The average molecular weight is 361 g/mol. The Bertz CT molecular complexity index is 987. The third kappa shape index (κ3) is 2.20. The quantitative estimate of drug-likeness (QED) is 0.677. The highest BCUT2D eigenvalue weighted by Crippen LogP contribution is 2.66. The molecule has 0 saturated heterocycles. The molecule has 2 unspecified atom stereocenters. The average Bonchev–Trinajstić information content (AvgIpc) is 3.39. The van der Waals surface area contributed by atoms with E-state index in [1.54, 1.807) is 12.4 Å². The van der Waals surface area contributed by atoms with Crippen molar-refractivity contribution in [1.29, 1.82) is 0 Å². The predicted octanol–water partition coefficient (Wildman–Crippen LogP) is 4.71. The fraction of sp³-hybridized carbons (Fsp3) is 0.182. The third-order valence-corrected chi connectivity index (χ3v) is 5.88. The molecule has 0 bridgehead atoms. The Labute approximate surface area is 157 Å². The zero-order valence-electron chi connectivity index (χ0n) is 14.1. The molecule has 0 radical (unpaired) electrons. The number of amides is 1. The van der Waals surface area contributed by atoms with Crippen LogP contribution in [0.1, 0.15) is 29.0 Å². The first-order chi connectivity index (χ1) is 12.7. The molecule has 1 fully saturated rings. The van der Waals surface area contributed by atoms with Gasteiger partial charge in [-0.1, -0.05) is 41.9 Å². The Morgan fingerprint density at radius 2 is 1.77 bits per heavy atom. The molecule has 0 N–H and O–H groups in total. The van der Waals surface area contributed by atoms with Crippen molar-refractivity contribution in [2.45, 2.75) is 24.3 Å². The lowest BCUT2D eigenvalue weighted by atomic mass is 9.92. The van der Waals surface area contributed by atoms with Crippen molar-refractivity contribution in [2.75, 3.05) is 4.90 Å². The van der Waals surface area contributed by atoms with E-state index in [0.29, 0.717) is 6.54 Å². The van der Waals surface area contributed by atoms with Gasteiger partial charge in [-0.15, -0.1) is 0 Å².